The summed E-state index contributed by atoms with van der Waals surface area (Å²) in [5, 5.41) is 2.15. The van der Waals surface area contributed by atoms with Gasteiger partial charge in [-0.15, -0.1) is 11.3 Å². The Hall–Kier alpha value is -0.460. The molecule has 3 heterocycles. The van der Waals surface area contributed by atoms with Gasteiger partial charge in [0.05, 0.1) is 19.8 Å². The molecule has 0 saturated carbocycles. The van der Waals surface area contributed by atoms with Crippen molar-refractivity contribution in [3.8, 4) is 0 Å². The van der Waals surface area contributed by atoms with Crippen LogP contribution in [0.5, 0.6) is 0 Å². The third kappa shape index (κ3) is 4.05. The van der Waals surface area contributed by atoms with Gasteiger partial charge in [-0.3, -0.25) is 4.90 Å². The average Bonchev–Trinajstić information content (AvgIpc) is 3.00. The molecule has 1 spiro atoms. The molecule has 0 unspecified atom stereocenters. The summed E-state index contributed by atoms with van der Waals surface area (Å²) in [4.78, 5) is 6.18. The molecule has 4 nitrogen and oxygen atoms in total. The largest absolute Gasteiger partial charge is 0.377 e. The Kier molecular flexibility index (Phi) is 4.96. The molecule has 1 aromatic rings. The van der Waals surface area contributed by atoms with Gasteiger partial charge in [0.2, 0.25) is 0 Å². The monoisotopic (exact) mass is 310 g/mol. The zero-order valence-corrected chi connectivity index (χ0v) is 13.9. The fraction of sp³-hybridized carbons (Fsp3) is 0.750. The summed E-state index contributed by atoms with van der Waals surface area (Å²) in [6.07, 6.45) is 1.12. The number of hydrogen-bond acceptors (Lipinski definition) is 5. The lowest BCUT2D eigenvalue weighted by molar-refractivity contribution is -0.0562. The Bertz CT molecular complexity index is 437. The van der Waals surface area contributed by atoms with Gasteiger partial charge in [0.25, 0.3) is 0 Å². The maximum absolute atomic E-state index is 6.23. The van der Waals surface area contributed by atoms with Gasteiger partial charge < -0.3 is 14.4 Å². The van der Waals surface area contributed by atoms with Gasteiger partial charge >= 0.3 is 0 Å². The van der Waals surface area contributed by atoms with Crippen LogP contribution in [0.3, 0.4) is 0 Å². The molecule has 1 aromatic heterocycles. The molecule has 0 amide bonds. The van der Waals surface area contributed by atoms with Crippen LogP contribution < -0.4 is 0 Å². The van der Waals surface area contributed by atoms with E-state index in [9.17, 15) is 0 Å². The van der Waals surface area contributed by atoms with Crippen LogP contribution in [0.4, 0.5) is 0 Å². The van der Waals surface area contributed by atoms with Crippen LogP contribution in [0.25, 0.3) is 0 Å². The Morgan fingerprint density at radius 1 is 1.48 bits per heavy atom. The molecular weight excluding hydrogens is 284 g/mol. The van der Waals surface area contributed by atoms with Crippen molar-refractivity contribution in [1.29, 1.82) is 0 Å². The van der Waals surface area contributed by atoms with Crippen molar-refractivity contribution in [1.82, 2.24) is 9.80 Å². The number of nitrogens with zero attached hydrogens (tertiary/aromatic N) is 2. The topological polar surface area (TPSA) is 24.9 Å². The second-order valence-electron chi connectivity index (χ2n) is 6.67. The molecule has 5 heteroatoms. The summed E-state index contributed by atoms with van der Waals surface area (Å²) in [5.41, 5.74) is -0.0889. The summed E-state index contributed by atoms with van der Waals surface area (Å²) in [6.45, 7) is 6.55. The lowest BCUT2D eigenvalue weighted by atomic mass is 9.94. The third-order valence-electron chi connectivity index (χ3n) is 4.30. The number of ether oxygens (including phenoxy) is 2. The predicted octanol–water partition coefficient (Wildman–Crippen LogP) is 1.92. The number of thiophene rings is 1. The summed E-state index contributed by atoms with van der Waals surface area (Å²) in [5.74, 6) is 0.630. The number of rotatable bonds is 4. The molecule has 21 heavy (non-hydrogen) atoms. The fourth-order valence-corrected chi connectivity index (χ4v) is 4.27. The quantitative estimate of drug-likeness (QED) is 0.848. The highest BCUT2D eigenvalue weighted by molar-refractivity contribution is 7.09. The van der Waals surface area contributed by atoms with Crippen LogP contribution in [0.2, 0.25) is 0 Å². The molecule has 0 aliphatic carbocycles. The van der Waals surface area contributed by atoms with Crippen molar-refractivity contribution >= 4 is 11.3 Å². The van der Waals surface area contributed by atoms with Crippen LogP contribution >= 0.6 is 11.3 Å². The summed E-state index contributed by atoms with van der Waals surface area (Å²) < 4.78 is 12.1. The molecule has 0 aromatic carbocycles. The van der Waals surface area contributed by atoms with E-state index < -0.39 is 0 Å². The van der Waals surface area contributed by atoms with Crippen molar-refractivity contribution in [3.05, 3.63) is 22.4 Å². The summed E-state index contributed by atoms with van der Waals surface area (Å²) in [7, 11) is 4.27. The Morgan fingerprint density at radius 2 is 2.38 bits per heavy atom. The van der Waals surface area contributed by atoms with Gasteiger partial charge in [-0.1, -0.05) is 6.07 Å². The molecule has 2 aliphatic heterocycles. The molecule has 2 aliphatic rings. The maximum atomic E-state index is 6.23. The SMILES string of the molecule is CN(C)C[C@H]1CO[C@]2(COCCN(Cc3cccs3)C2)C1. The van der Waals surface area contributed by atoms with E-state index in [0.717, 1.165) is 52.4 Å². The highest BCUT2D eigenvalue weighted by Crippen LogP contribution is 2.33. The Labute approximate surface area is 131 Å². The summed E-state index contributed by atoms with van der Waals surface area (Å²) >= 11 is 1.83. The highest BCUT2D eigenvalue weighted by Gasteiger charge is 2.43. The van der Waals surface area contributed by atoms with Crippen molar-refractivity contribution < 1.29 is 9.47 Å². The first-order valence-corrected chi connectivity index (χ1v) is 8.64. The van der Waals surface area contributed by atoms with E-state index in [1.54, 1.807) is 0 Å². The first-order chi connectivity index (χ1) is 10.2. The van der Waals surface area contributed by atoms with Gasteiger partial charge in [0.15, 0.2) is 0 Å². The fourth-order valence-electron chi connectivity index (χ4n) is 3.52. The molecule has 2 fully saturated rings. The van der Waals surface area contributed by atoms with E-state index in [0.29, 0.717) is 5.92 Å². The normalized spacial score (nSPS) is 31.1. The molecule has 0 radical (unpaired) electrons. The van der Waals surface area contributed by atoms with Gasteiger partial charge in [0, 0.05) is 31.1 Å². The lowest BCUT2D eigenvalue weighted by Crippen LogP contribution is -2.43. The average molecular weight is 310 g/mol. The Morgan fingerprint density at radius 3 is 3.14 bits per heavy atom. The van der Waals surface area contributed by atoms with Crippen LogP contribution in [-0.2, 0) is 16.0 Å². The second kappa shape index (κ2) is 6.75. The van der Waals surface area contributed by atoms with E-state index in [-0.39, 0.29) is 5.60 Å². The van der Waals surface area contributed by atoms with Gasteiger partial charge in [-0.25, -0.2) is 0 Å². The molecule has 2 saturated heterocycles. The second-order valence-corrected chi connectivity index (χ2v) is 7.70. The number of hydrogen-bond donors (Lipinski definition) is 0. The predicted molar refractivity (Wildman–Crippen MR) is 85.8 cm³/mol. The zero-order valence-electron chi connectivity index (χ0n) is 13.1. The molecular formula is C16H26N2O2S. The zero-order chi connectivity index (χ0) is 14.7. The maximum Gasteiger partial charge on any atom is 0.104 e. The van der Waals surface area contributed by atoms with E-state index in [4.69, 9.17) is 9.47 Å². The molecule has 3 rings (SSSR count). The van der Waals surface area contributed by atoms with Crippen LogP contribution in [0.15, 0.2) is 17.5 Å². The van der Waals surface area contributed by atoms with Crippen LogP contribution in [0.1, 0.15) is 11.3 Å². The lowest BCUT2D eigenvalue weighted by Gasteiger charge is -2.31. The first kappa shape index (κ1) is 15.4. The minimum Gasteiger partial charge on any atom is -0.377 e. The third-order valence-corrected chi connectivity index (χ3v) is 5.16. The van der Waals surface area contributed by atoms with Gasteiger partial charge in [-0.05, 0) is 37.9 Å². The van der Waals surface area contributed by atoms with Crippen LogP contribution in [0, 0.1) is 5.92 Å². The van der Waals surface area contributed by atoms with Crippen LogP contribution in [-0.4, -0.2) is 69.0 Å². The van der Waals surface area contributed by atoms with Gasteiger partial charge in [-0.2, -0.15) is 0 Å². The molecule has 0 N–H and O–H groups in total. The van der Waals surface area contributed by atoms with Crippen molar-refractivity contribution in [2.24, 2.45) is 5.92 Å². The molecule has 118 valence electrons. The van der Waals surface area contributed by atoms with Crippen molar-refractivity contribution in [3.63, 3.8) is 0 Å². The van der Waals surface area contributed by atoms with Gasteiger partial charge in [0.1, 0.15) is 5.60 Å². The Balaban J connectivity index is 1.62. The summed E-state index contributed by atoms with van der Waals surface area (Å²) in [6, 6.07) is 4.34. The van der Waals surface area contributed by atoms with E-state index in [1.165, 1.54) is 4.88 Å². The molecule has 2 atom stereocenters. The van der Waals surface area contributed by atoms with Crippen molar-refractivity contribution in [2.45, 2.75) is 18.6 Å². The first-order valence-electron chi connectivity index (χ1n) is 7.76. The molecule has 0 bridgehead atoms. The minimum absolute atomic E-state index is 0.0889. The standard InChI is InChI=1S/C16H26N2O2S/c1-17(2)9-14-8-16(20-11-14)12-18(5-6-19-13-16)10-15-4-3-7-21-15/h3-4,7,14H,5-6,8-13H2,1-2H3/t14-,16+/m0/s1. The smallest absolute Gasteiger partial charge is 0.104 e. The minimum atomic E-state index is -0.0889. The van der Waals surface area contributed by atoms with E-state index >= 15 is 0 Å². The highest BCUT2D eigenvalue weighted by atomic mass is 32.1. The van der Waals surface area contributed by atoms with E-state index in [1.807, 2.05) is 11.3 Å². The van der Waals surface area contributed by atoms with E-state index in [2.05, 4.69) is 41.4 Å². The van der Waals surface area contributed by atoms with Crippen molar-refractivity contribution in [2.75, 3.05) is 53.6 Å².